The van der Waals surface area contributed by atoms with E-state index in [-0.39, 0.29) is 30.3 Å². The maximum atomic E-state index is 13.3. The summed E-state index contributed by atoms with van der Waals surface area (Å²) in [4.78, 5) is 25.1. The lowest BCUT2D eigenvalue weighted by Gasteiger charge is -2.09. The molecule has 0 aliphatic rings. The van der Waals surface area contributed by atoms with Crippen LogP contribution in [-0.4, -0.2) is 25.1 Å². The van der Waals surface area contributed by atoms with Crippen LogP contribution in [0.4, 0.5) is 9.39 Å². The predicted molar refractivity (Wildman–Crippen MR) is 116 cm³/mol. The molecule has 3 aromatic rings. The fourth-order valence-electron chi connectivity index (χ4n) is 2.92. The fraction of sp³-hybridized carbons (Fsp3) is 0.217. The smallest absolute Gasteiger partial charge is 0.341 e. The minimum Gasteiger partial charge on any atom is -0.494 e. The molecule has 0 saturated heterocycles. The summed E-state index contributed by atoms with van der Waals surface area (Å²) in [6, 6.07) is 13.1. The second-order valence-electron chi connectivity index (χ2n) is 6.38. The molecule has 1 aromatic heterocycles. The zero-order valence-corrected chi connectivity index (χ0v) is 17.6. The topological polar surface area (TPSA) is 64.6 Å². The van der Waals surface area contributed by atoms with Gasteiger partial charge in [0.05, 0.1) is 19.6 Å². The Morgan fingerprint density at radius 3 is 2.33 bits per heavy atom. The van der Waals surface area contributed by atoms with E-state index < -0.39 is 5.97 Å². The summed E-state index contributed by atoms with van der Waals surface area (Å²) in [6.45, 7) is 4.40. The predicted octanol–water partition coefficient (Wildman–Crippen LogP) is 5.31. The van der Waals surface area contributed by atoms with Gasteiger partial charge in [0.15, 0.2) is 0 Å². The van der Waals surface area contributed by atoms with Crippen molar-refractivity contribution in [1.82, 2.24) is 0 Å². The molecule has 3 rings (SSSR count). The molecule has 0 spiro atoms. The van der Waals surface area contributed by atoms with Crippen molar-refractivity contribution in [2.24, 2.45) is 0 Å². The van der Waals surface area contributed by atoms with Gasteiger partial charge in [-0.1, -0.05) is 24.3 Å². The number of rotatable bonds is 8. The number of carbonyl (C=O) groups is 2. The molecule has 0 atom stereocenters. The fourth-order valence-corrected chi connectivity index (χ4v) is 3.90. The molecule has 1 N–H and O–H groups in total. The summed E-state index contributed by atoms with van der Waals surface area (Å²) >= 11 is 1.23. The van der Waals surface area contributed by atoms with E-state index in [2.05, 4.69) is 5.32 Å². The van der Waals surface area contributed by atoms with Crippen molar-refractivity contribution in [2.45, 2.75) is 20.3 Å². The summed E-state index contributed by atoms with van der Waals surface area (Å²) in [5, 5.41) is 4.98. The molecule has 156 valence electrons. The van der Waals surface area contributed by atoms with Gasteiger partial charge in [-0.05, 0) is 49.2 Å². The first-order valence-corrected chi connectivity index (χ1v) is 10.5. The first-order chi connectivity index (χ1) is 14.5. The van der Waals surface area contributed by atoms with Crippen molar-refractivity contribution < 1.29 is 23.5 Å². The van der Waals surface area contributed by atoms with Crippen molar-refractivity contribution in [3.8, 4) is 16.9 Å². The Hall–Kier alpha value is -3.19. The normalized spacial score (nSPS) is 10.5. The number of carbonyl (C=O) groups excluding carboxylic acids is 2. The average Bonchev–Trinajstić information content (AvgIpc) is 3.14. The zero-order valence-electron chi connectivity index (χ0n) is 16.7. The van der Waals surface area contributed by atoms with Gasteiger partial charge in [0.25, 0.3) is 0 Å². The maximum Gasteiger partial charge on any atom is 0.341 e. The molecule has 1 amide bonds. The van der Waals surface area contributed by atoms with Crippen LogP contribution in [0.15, 0.2) is 53.9 Å². The number of hydrogen-bond acceptors (Lipinski definition) is 5. The highest BCUT2D eigenvalue weighted by Gasteiger charge is 2.23. The van der Waals surface area contributed by atoms with Gasteiger partial charge >= 0.3 is 5.97 Å². The summed E-state index contributed by atoms with van der Waals surface area (Å²) in [6.07, 6.45) is 0.151. The van der Waals surface area contributed by atoms with Gasteiger partial charge in [-0.25, -0.2) is 9.18 Å². The van der Waals surface area contributed by atoms with Crippen LogP contribution in [0.25, 0.3) is 11.1 Å². The number of hydrogen-bond donors (Lipinski definition) is 1. The molecule has 0 saturated carbocycles. The molecule has 1 heterocycles. The highest BCUT2D eigenvalue weighted by Crippen LogP contribution is 2.36. The van der Waals surface area contributed by atoms with Crippen LogP contribution in [0, 0.1) is 5.82 Å². The van der Waals surface area contributed by atoms with Crippen molar-refractivity contribution in [3.63, 3.8) is 0 Å². The average molecular weight is 427 g/mol. The van der Waals surface area contributed by atoms with Gasteiger partial charge in [0, 0.05) is 10.9 Å². The molecule has 0 unspecified atom stereocenters. The number of halogens is 1. The third-order valence-electron chi connectivity index (χ3n) is 4.28. The standard InChI is InChI=1S/C23H22FNO4S/c1-3-28-18-11-5-15(6-12-18)13-20(26)25-22-21(23(27)29-4-2)19(14-30-22)16-7-9-17(24)10-8-16/h5-12,14H,3-4,13H2,1-2H3,(H,25,26). The van der Waals surface area contributed by atoms with Gasteiger partial charge in [0.1, 0.15) is 22.1 Å². The van der Waals surface area contributed by atoms with Gasteiger partial charge in [0.2, 0.25) is 5.91 Å². The molecule has 30 heavy (non-hydrogen) atoms. The third-order valence-corrected chi connectivity index (χ3v) is 5.17. The van der Waals surface area contributed by atoms with E-state index in [1.807, 2.05) is 31.2 Å². The largest absolute Gasteiger partial charge is 0.494 e. The highest BCUT2D eigenvalue weighted by atomic mass is 32.1. The quantitative estimate of drug-likeness (QED) is 0.495. The number of amides is 1. The molecular formula is C23H22FNO4S. The molecule has 0 aliphatic carbocycles. The molecule has 2 aromatic carbocycles. The van der Waals surface area contributed by atoms with E-state index in [9.17, 15) is 14.0 Å². The Morgan fingerprint density at radius 2 is 1.70 bits per heavy atom. The van der Waals surface area contributed by atoms with Crippen molar-refractivity contribution in [2.75, 3.05) is 18.5 Å². The Morgan fingerprint density at radius 1 is 1.00 bits per heavy atom. The second-order valence-corrected chi connectivity index (χ2v) is 7.26. The van der Waals surface area contributed by atoms with Crippen LogP contribution >= 0.6 is 11.3 Å². The van der Waals surface area contributed by atoms with E-state index in [1.54, 1.807) is 24.4 Å². The third kappa shape index (κ3) is 5.24. The number of ether oxygens (including phenoxy) is 2. The number of thiophene rings is 1. The summed E-state index contributed by atoms with van der Waals surface area (Å²) in [5.74, 6) is -0.407. The molecule has 0 radical (unpaired) electrons. The van der Waals surface area contributed by atoms with E-state index in [0.717, 1.165) is 11.3 Å². The first-order valence-electron chi connectivity index (χ1n) is 9.58. The number of nitrogens with one attached hydrogen (secondary N) is 1. The molecule has 7 heteroatoms. The van der Waals surface area contributed by atoms with Gasteiger partial charge < -0.3 is 14.8 Å². The van der Waals surface area contributed by atoms with Crippen LogP contribution < -0.4 is 10.1 Å². The Balaban J connectivity index is 1.81. The van der Waals surface area contributed by atoms with E-state index in [4.69, 9.17) is 9.47 Å². The van der Waals surface area contributed by atoms with Crippen LogP contribution in [-0.2, 0) is 16.0 Å². The summed E-state index contributed by atoms with van der Waals surface area (Å²) in [5.41, 5.74) is 2.36. The Kier molecular flexibility index (Phi) is 7.19. The van der Waals surface area contributed by atoms with Gasteiger partial charge in [-0.2, -0.15) is 0 Å². The molecule has 5 nitrogen and oxygen atoms in total. The van der Waals surface area contributed by atoms with Gasteiger partial charge in [-0.15, -0.1) is 11.3 Å². The van der Waals surface area contributed by atoms with Crippen molar-refractivity contribution in [1.29, 1.82) is 0 Å². The lowest BCUT2D eigenvalue weighted by Crippen LogP contribution is -2.16. The SMILES string of the molecule is CCOC(=O)c1c(-c2ccc(F)cc2)csc1NC(=O)Cc1ccc(OCC)cc1. The molecule has 0 fully saturated rings. The van der Waals surface area contributed by atoms with Crippen LogP contribution in [0.2, 0.25) is 0 Å². The second kappa shape index (κ2) is 10.0. The summed E-state index contributed by atoms with van der Waals surface area (Å²) < 4.78 is 23.9. The zero-order chi connectivity index (χ0) is 21.5. The van der Waals surface area contributed by atoms with Crippen LogP contribution in [0.3, 0.4) is 0 Å². The van der Waals surface area contributed by atoms with Crippen LogP contribution in [0.5, 0.6) is 5.75 Å². The first kappa shape index (κ1) is 21.5. The van der Waals surface area contributed by atoms with E-state index >= 15 is 0 Å². The molecule has 0 aliphatic heterocycles. The van der Waals surface area contributed by atoms with Crippen molar-refractivity contribution in [3.05, 3.63) is 70.9 Å². The Labute approximate surface area is 178 Å². The number of esters is 1. The minimum atomic E-state index is -0.533. The lowest BCUT2D eigenvalue weighted by atomic mass is 10.0. The monoisotopic (exact) mass is 427 g/mol. The van der Waals surface area contributed by atoms with E-state index in [0.29, 0.717) is 22.7 Å². The highest BCUT2D eigenvalue weighted by molar-refractivity contribution is 7.15. The maximum absolute atomic E-state index is 13.3. The van der Waals surface area contributed by atoms with Crippen molar-refractivity contribution >= 4 is 28.2 Å². The molecule has 0 bridgehead atoms. The van der Waals surface area contributed by atoms with Crippen LogP contribution in [0.1, 0.15) is 29.8 Å². The number of anilines is 1. The van der Waals surface area contributed by atoms with Gasteiger partial charge in [-0.3, -0.25) is 4.79 Å². The Bertz CT molecular complexity index is 1010. The lowest BCUT2D eigenvalue weighted by molar-refractivity contribution is -0.115. The van der Waals surface area contributed by atoms with E-state index in [1.165, 1.54) is 23.5 Å². The minimum absolute atomic E-state index is 0.151. The number of benzene rings is 2. The molecular weight excluding hydrogens is 405 g/mol. The summed E-state index contributed by atoms with van der Waals surface area (Å²) in [7, 11) is 0.